The number of nitrogens with one attached hydrogen (secondary N) is 1. The highest BCUT2D eigenvalue weighted by Gasteiger charge is 2.21. The average molecular weight is 326 g/mol. The van der Waals surface area contributed by atoms with Crippen molar-refractivity contribution in [2.24, 2.45) is 10.9 Å². The molecule has 0 radical (unpaired) electrons. The van der Waals surface area contributed by atoms with Crippen molar-refractivity contribution in [2.75, 3.05) is 32.3 Å². The lowest BCUT2D eigenvalue weighted by atomic mass is 10.0. The molecule has 6 nitrogen and oxygen atoms in total. The van der Waals surface area contributed by atoms with Crippen molar-refractivity contribution >= 4 is 5.84 Å². The van der Waals surface area contributed by atoms with E-state index in [2.05, 4.69) is 27.2 Å². The van der Waals surface area contributed by atoms with Crippen LogP contribution in [0.25, 0.3) is 11.3 Å². The number of aromatic nitrogens is 2. The molecule has 1 fully saturated rings. The molecule has 4 heterocycles. The Morgan fingerprint density at radius 1 is 1.33 bits per heavy atom. The fraction of sp³-hybridized carbons (Fsp3) is 0.444. The van der Waals surface area contributed by atoms with Crippen LogP contribution in [0.3, 0.4) is 0 Å². The topological polar surface area (TPSA) is 60.7 Å². The van der Waals surface area contributed by atoms with Crippen molar-refractivity contribution in [1.29, 1.82) is 0 Å². The Bertz CT molecular complexity index is 747. The Kier molecular flexibility index (Phi) is 4.21. The van der Waals surface area contributed by atoms with Crippen molar-refractivity contribution < 1.29 is 9.47 Å². The summed E-state index contributed by atoms with van der Waals surface area (Å²) in [7, 11) is 1.66. The van der Waals surface area contributed by atoms with Gasteiger partial charge in [-0.1, -0.05) is 0 Å². The monoisotopic (exact) mass is 326 g/mol. The molecule has 24 heavy (non-hydrogen) atoms. The van der Waals surface area contributed by atoms with E-state index in [0.717, 1.165) is 61.9 Å². The predicted octanol–water partition coefficient (Wildman–Crippen LogP) is 2.48. The number of hydrogen-bond donors (Lipinski definition) is 1. The van der Waals surface area contributed by atoms with Gasteiger partial charge in [0.1, 0.15) is 11.6 Å². The van der Waals surface area contributed by atoms with E-state index in [0.29, 0.717) is 5.92 Å². The molecular formula is C18H22N4O2. The third-order valence-corrected chi connectivity index (χ3v) is 4.68. The van der Waals surface area contributed by atoms with Crippen molar-refractivity contribution in [1.82, 2.24) is 9.66 Å². The quantitative estimate of drug-likeness (QED) is 0.938. The number of rotatable bonds is 4. The first-order valence-electron chi connectivity index (χ1n) is 8.41. The molecule has 1 N–H and O–H groups in total. The normalized spacial score (nSPS) is 19.3. The van der Waals surface area contributed by atoms with Crippen LogP contribution in [0.4, 0.5) is 0 Å². The van der Waals surface area contributed by atoms with Crippen LogP contribution in [0, 0.1) is 5.92 Å². The van der Waals surface area contributed by atoms with Gasteiger partial charge < -0.3 is 9.47 Å². The van der Waals surface area contributed by atoms with Crippen LogP contribution in [0.2, 0.25) is 0 Å². The van der Waals surface area contributed by atoms with E-state index in [1.807, 2.05) is 12.3 Å². The number of nitrogens with zero attached hydrogens (tertiary/aromatic N) is 3. The zero-order valence-corrected chi connectivity index (χ0v) is 13.9. The summed E-state index contributed by atoms with van der Waals surface area (Å²) >= 11 is 0. The minimum atomic E-state index is 0.648. The molecule has 4 rings (SSSR count). The van der Waals surface area contributed by atoms with E-state index in [-0.39, 0.29) is 0 Å². The Balaban J connectivity index is 1.49. The van der Waals surface area contributed by atoms with Crippen molar-refractivity contribution in [3.05, 3.63) is 36.3 Å². The van der Waals surface area contributed by atoms with Crippen LogP contribution >= 0.6 is 0 Å². The van der Waals surface area contributed by atoms with Gasteiger partial charge in [-0.05, 0) is 37.0 Å². The Labute approximate surface area is 141 Å². The molecule has 0 spiro atoms. The summed E-state index contributed by atoms with van der Waals surface area (Å²) < 4.78 is 12.8. The van der Waals surface area contributed by atoms with Gasteiger partial charge in [-0.25, -0.2) is 0 Å². The average Bonchev–Trinajstić information content (AvgIpc) is 3.21. The minimum absolute atomic E-state index is 0.648. The zero-order valence-electron chi connectivity index (χ0n) is 13.9. The highest BCUT2D eigenvalue weighted by Crippen LogP contribution is 2.26. The zero-order chi connectivity index (χ0) is 16.4. The largest absolute Gasteiger partial charge is 0.495 e. The molecule has 2 aromatic heterocycles. The number of hydrogen-bond acceptors (Lipinski definition) is 4. The van der Waals surface area contributed by atoms with Crippen LogP contribution in [0.15, 0.2) is 35.6 Å². The summed E-state index contributed by atoms with van der Waals surface area (Å²) in [5.41, 5.74) is 6.75. The smallest absolute Gasteiger partial charge is 0.137 e. The number of pyridine rings is 1. The number of ether oxygens (including phenoxy) is 2. The Morgan fingerprint density at radius 2 is 2.21 bits per heavy atom. The summed E-state index contributed by atoms with van der Waals surface area (Å²) in [5.74, 6) is 2.44. The van der Waals surface area contributed by atoms with Gasteiger partial charge in [0.15, 0.2) is 0 Å². The predicted molar refractivity (Wildman–Crippen MR) is 93.1 cm³/mol. The molecule has 0 bridgehead atoms. The maximum atomic E-state index is 5.41. The molecule has 0 saturated carbocycles. The van der Waals surface area contributed by atoms with Gasteiger partial charge in [-0.2, -0.15) is 0 Å². The highest BCUT2D eigenvalue weighted by molar-refractivity contribution is 5.94. The van der Waals surface area contributed by atoms with Crippen LogP contribution in [-0.4, -0.2) is 42.4 Å². The highest BCUT2D eigenvalue weighted by atomic mass is 16.5. The van der Waals surface area contributed by atoms with E-state index in [9.17, 15) is 0 Å². The summed E-state index contributed by atoms with van der Waals surface area (Å²) in [4.78, 5) is 9.04. The maximum absolute atomic E-state index is 5.41. The molecule has 6 heteroatoms. The van der Waals surface area contributed by atoms with Crippen LogP contribution in [-0.2, 0) is 11.2 Å². The molecule has 2 aromatic rings. The fourth-order valence-electron chi connectivity index (χ4n) is 3.24. The van der Waals surface area contributed by atoms with E-state index in [4.69, 9.17) is 14.5 Å². The van der Waals surface area contributed by atoms with Gasteiger partial charge in [0.2, 0.25) is 0 Å². The van der Waals surface area contributed by atoms with Gasteiger partial charge in [0.05, 0.1) is 19.0 Å². The minimum Gasteiger partial charge on any atom is -0.495 e. The molecule has 0 atom stereocenters. The van der Waals surface area contributed by atoms with Crippen LogP contribution in [0.1, 0.15) is 18.5 Å². The molecule has 0 aliphatic carbocycles. The second-order valence-electron chi connectivity index (χ2n) is 6.29. The van der Waals surface area contributed by atoms with E-state index >= 15 is 0 Å². The Hall–Kier alpha value is -2.34. The van der Waals surface area contributed by atoms with Gasteiger partial charge in [-0.3, -0.25) is 20.1 Å². The van der Waals surface area contributed by atoms with Gasteiger partial charge in [0, 0.05) is 43.6 Å². The number of methoxy groups -OCH3 is 1. The fourth-order valence-corrected chi connectivity index (χ4v) is 3.24. The molecule has 2 aliphatic rings. The van der Waals surface area contributed by atoms with Crippen molar-refractivity contribution in [3.63, 3.8) is 0 Å². The first kappa shape index (κ1) is 15.2. The molecule has 0 aromatic carbocycles. The molecule has 2 aliphatic heterocycles. The SMILES string of the molecule is COc1cncc(-c2ccc3n2NC(=NCC2CCOCC2)C3)c1. The standard InChI is InChI=1S/C18H22N4O2/c1-23-16-8-14(11-19-12-16)17-3-2-15-9-18(21-22(15)17)20-10-13-4-6-24-7-5-13/h2-3,8,11-13H,4-7,9-10H2,1H3,(H,20,21). The lowest BCUT2D eigenvalue weighted by Gasteiger charge is -2.20. The molecule has 1 saturated heterocycles. The third kappa shape index (κ3) is 3.01. The van der Waals surface area contributed by atoms with E-state index in [1.165, 1.54) is 5.69 Å². The van der Waals surface area contributed by atoms with Gasteiger partial charge >= 0.3 is 0 Å². The van der Waals surface area contributed by atoms with Gasteiger partial charge in [0.25, 0.3) is 0 Å². The van der Waals surface area contributed by atoms with E-state index in [1.54, 1.807) is 13.3 Å². The maximum Gasteiger partial charge on any atom is 0.137 e. The number of amidine groups is 1. The van der Waals surface area contributed by atoms with Crippen molar-refractivity contribution in [2.45, 2.75) is 19.3 Å². The summed E-state index contributed by atoms with van der Waals surface area (Å²) in [6, 6.07) is 6.24. The van der Waals surface area contributed by atoms with E-state index < -0.39 is 0 Å². The first-order valence-corrected chi connectivity index (χ1v) is 8.41. The Morgan fingerprint density at radius 3 is 3.04 bits per heavy atom. The molecule has 0 amide bonds. The van der Waals surface area contributed by atoms with Crippen molar-refractivity contribution in [3.8, 4) is 17.0 Å². The molecular weight excluding hydrogens is 304 g/mol. The van der Waals surface area contributed by atoms with Gasteiger partial charge in [-0.15, -0.1) is 0 Å². The third-order valence-electron chi connectivity index (χ3n) is 4.68. The number of fused-ring (bicyclic) bond motifs is 1. The lowest BCUT2D eigenvalue weighted by molar-refractivity contribution is 0.0689. The summed E-state index contributed by atoms with van der Waals surface area (Å²) in [6.45, 7) is 2.62. The lowest BCUT2D eigenvalue weighted by Crippen LogP contribution is -2.21. The second-order valence-corrected chi connectivity index (χ2v) is 6.29. The molecule has 126 valence electrons. The summed E-state index contributed by atoms with van der Waals surface area (Å²) in [5, 5.41) is 0. The second kappa shape index (κ2) is 6.65. The van der Waals surface area contributed by atoms with Crippen LogP contribution < -0.4 is 10.2 Å². The first-order chi connectivity index (χ1) is 11.8. The summed E-state index contributed by atoms with van der Waals surface area (Å²) in [6.07, 6.45) is 6.64. The molecule has 0 unspecified atom stereocenters. The van der Waals surface area contributed by atoms with Crippen LogP contribution in [0.5, 0.6) is 5.75 Å². The number of aliphatic imine (C=N–C) groups is 1.